The Hall–Kier alpha value is -2.12. The Morgan fingerprint density at radius 2 is 2.11 bits per heavy atom. The molecule has 0 saturated carbocycles. The van der Waals surface area contributed by atoms with Gasteiger partial charge in [-0.2, -0.15) is 0 Å². The highest BCUT2D eigenvalue weighted by molar-refractivity contribution is 6.31. The van der Waals surface area contributed by atoms with Crippen molar-refractivity contribution in [2.24, 2.45) is 5.92 Å². The molecule has 1 aromatic carbocycles. The first kappa shape index (κ1) is 20.6. The number of nitrogens with zero attached hydrogens (tertiary/aromatic N) is 2. The van der Waals surface area contributed by atoms with Crippen LogP contribution in [0, 0.1) is 5.92 Å². The molecule has 152 valence electrons. The lowest BCUT2D eigenvalue weighted by atomic mass is 10.1. The maximum absolute atomic E-state index is 12.6. The molecule has 2 aromatic rings. The van der Waals surface area contributed by atoms with E-state index in [9.17, 15) is 14.7 Å². The van der Waals surface area contributed by atoms with Crippen molar-refractivity contribution in [1.82, 2.24) is 20.2 Å². The average Bonchev–Trinajstić information content (AvgIpc) is 2.97. The van der Waals surface area contributed by atoms with E-state index in [4.69, 9.17) is 11.6 Å². The second-order valence-electron chi connectivity index (χ2n) is 7.64. The second-order valence-corrected chi connectivity index (χ2v) is 8.08. The van der Waals surface area contributed by atoms with Crippen LogP contribution in [0.1, 0.15) is 38.9 Å². The third-order valence-corrected chi connectivity index (χ3v) is 5.38. The van der Waals surface area contributed by atoms with Crippen LogP contribution in [0.3, 0.4) is 0 Å². The van der Waals surface area contributed by atoms with Crippen molar-refractivity contribution in [1.29, 1.82) is 0 Å². The lowest BCUT2D eigenvalue weighted by Gasteiger charge is -2.22. The summed E-state index contributed by atoms with van der Waals surface area (Å²) in [6.45, 7) is 4.65. The maximum Gasteiger partial charge on any atom is 0.223 e. The molecule has 0 unspecified atom stereocenters. The molecule has 0 aliphatic carbocycles. The molecule has 3 rings (SSSR count). The van der Waals surface area contributed by atoms with Gasteiger partial charge >= 0.3 is 0 Å². The molecular weight excluding hydrogens is 380 g/mol. The van der Waals surface area contributed by atoms with Crippen LogP contribution in [-0.2, 0) is 16.0 Å². The molecule has 2 heterocycles. The SMILES string of the molecule is CC(C)C(=O)N[C@H]1CCN(C(=O)CCc2nc3ccc(Cl)cc3[nH]2)CC[C@@H]1O. The minimum atomic E-state index is -0.638. The standard InChI is InChI=1S/C20H27ClN4O3/c1-12(2)20(28)24-15-7-9-25(10-8-17(15)26)19(27)6-5-18-22-14-4-3-13(21)11-16(14)23-18/h3-4,11-12,15,17,26H,5-10H2,1-2H3,(H,22,23)(H,24,28)/t15-,17-/m0/s1. The molecule has 1 aliphatic rings. The minimum absolute atomic E-state index is 0.0292. The van der Waals surface area contributed by atoms with Crippen LogP contribution in [0.5, 0.6) is 0 Å². The van der Waals surface area contributed by atoms with Crippen LogP contribution in [0.4, 0.5) is 0 Å². The number of H-pyrrole nitrogens is 1. The summed E-state index contributed by atoms with van der Waals surface area (Å²) >= 11 is 5.99. The van der Waals surface area contributed by atoms with Gasteiger partial charge in [0.25, 0.3) is 0 Å². The van der Waals surface area contributed by atoms with Crippen molar-refractivity contribution >= 4 is 34.4 Å². The maximum atomic E-state index is 12.6. The highest BCUT2D eigenvalue weighted by Crippen LogP contribution is 2.18. The van der Waals surface area contributed by atoms with Crippen molar-refractivity contribution in [2.75, 3.05) is 13.1 Å². The Labute approximate surface area is 169 Å². The highest BCUT2D eigenvalue weighted by Gasteiger charge is 2.28. The van der Waals surface area contributed by atoms with E-state index in [0.29, 0.717) is 43.8 Å². The van der Waals surface area contributed by atoms with Gasteiger partial charge in [0.2, 0.25) is 11.8 Å². The lowest BCUT2D eigenvalue weighted by Crippen LogP contribution is -2.44. The number of rotatable bonds is 5. The molecule has 1 saturated heterocycles. The molecule has 28 heavy (non-hydrogen) atoms. The number of aromatic nitrogens is 2. The number of amides is 2. The van der Waals surface area contributed by atoms with Crippen LogP contribution in [-0.4, -0.2) is 57.0 Å². The van der Waals surface area contributed by atoms with E-state index in [-0.39, 0.29) is 23.8 Å². The number of benzene rings is 1. The van der Waals surface area contributed by atoms with Crippen molar-refractivity contribution in [3.8, 4) is 0 Å². The van der Waals surface area contributed by atoms with Gasteiger partial charge < -0.3 is 20.3 Å². The molecule has 0 spiro atoms. The molecule has 2 atom stereocenters. The second kappa shape index (κ2) is 8.92. The number of aliphatic hydroxyl groups excluding tert-OH is 1. The molecule has 7 nitrogen and oxygen atoms in total. The Morgan fingerprint density at radius 1 is 1.36 bits per heavy atom. The van der Waals surface area contributed by atoms with Crippen LogP contribution >= 0.6 is 11.6 Å². The Morgan fingerprint density at radius 3 is 2.86 bits per heavy atom. The van der Waals surface area contributed by atoms with Crippen molar-refractivity contribution in [3.05, 3.63) is 29.0 Å². The van der Waals surface area contributed by atoms with Crippen LogP contribution < -0.4 is 5.32 Å². The smallest absolute Gasteiger partial charge is 0.223 e. The number of nitrogens with one attached hydrogen (secondary N) is 2. The van der Waals surface area contributed by atoms with Crippen molar-refractivity contribution < 1.29 is 14.7 Å². The molecule has 3 N–H and O–H groups in total. The summed E-state index contributed by atoms with van der Waals surface area (Å²) in [5.41, 5.74) is 1.69. The Balaban J connectivity index is 1.54. The average molecular weight is 407 g/mol. The fraction of sp³-hybridized carbons (Fsp3) is 0.550. The zero-order chi connectivity index (χ0) is 20.3. The quantitative estimate of drug-likeness (QED) is 0.709. The number of imidazole rings is 1. The number of aromatic amines is 1. The molecule has 8 heteroatoms. The van der Waals surface area contributed by atoms with Gasteiger partial charge in [0.05, 0.1) is 23.2 Å². The summed E-state index contributed by atoms with van der Waals surface area (Å²) in [5, 5.41) is 13.8. The third-order valence-electron chi connectivity index (χ3n) is 5.14. The van der Waals surface area contributed by atoms with Crippen LogP contribution in [0.2, 0.25) is 5.02 Å². The number of carbonyl (C=O) groups excluding carboxylic acids is 2. The Bertz CT molecular complexity index is 851. The van der Waals surface area contributed by atoms with Crippen LogP contribution in [0.15, 0.2) is 18.2 Å². The monoisotopic (exact) mass is 406 g/mol. The zero-order valence-corrected chi connectivity index (χ0v) is 17.0. The van der Waals surface area contributed by atoms with E-state index in [0.717, 1.165) is 16.9 Å². The molecule has 1 aliphatic heterocycles. The molecule has 1 fully saturated rings. The van der Waals surface area contributed by atoms with Crippen molar-refractivity contribution in [2.45, 2.75) is 51.7 Å². The van der Waals surface area contributed by atoms with Gasteiger partial charge in [-0.25, -0.2) is 4.98 Å². The molecule has 0 bridgehead atoms. The van der Waals surface area contributed by atoms with E-state index in [1.807, 2.05) is 26.0 Å². The van der Waals surface area contributed by atoms with Gasteiger partial charge in [0.1, 0.15) is 5.82 Å². The van der Waals surface area contributed by atoms with Gasteiger partial charge in [-0.3, -0.25) is 9.59 Å². The van der Waals surface area contributed by atoms with E-state index in [2.05, 4.69) is 15.3 Å². The van der Waals surface area contributed by atoms with Gasteiger partial charge in [-0.15, -0.1) is 0 Å². The first-order valence-electron chi connectivity index (χ1n) is 9.74. The molecule has 0 radical (unpaired) electrons. The Kier molecular flexibility index (Phi) is 6.57. The predicted molar refractivity (Wildman–Crippen MR) is 108 cm³/mol. The largest absolute Gasteiger partial charge is 0.391 e. The zero-order valence-electron chi connectivity index (χ0n) is 16.2. The third kappa shape index (κ3) is 5.02. The van der Waals surface area contributed by atoms with Gasteiger partial charge in [0.15, 0.2) is 0 Å². The first-order chi connectivity index (χ1) is 13.3. The molecule has 2 amide bonds. The molecule has 1 aromatic heterocycles. The summed E-state index contributed by atoms with van der Waals surface area (Å²) in [6.07, 6.45) is 1.22. The fourth-order valence-corrected chi connectivity index (χ4v) is 3.56. The lowest BCUT2D eigenvalue weighted by molar-refractivity contribution is -0.131. The van der Waals surface area contributed by atoms with Crippen LogP contribution in [0.25, 0.3) is 11.0 Å². The fourth-order valence-electron chi connectivity index (χ4n) is 3.39. The first-order valence-corrected chi connectivity index (χ1v) is 10.1. The summed E-state index contributed by atoms with van der Waals surface area (Å²) in [5.74, 6) is 0.574. The minimum Gasteiger partial charge on any atom is -0.391 e. The topological polar surface area (TPSA) is 98.3 Å². The number of aryl methyl sites for hydroxylation is 1. The number of likely N-dealkylation sites (tertiary alicyclic amines) is 1. The number of fused-ring (bicyclic) bond motifs is 1. The normalized spacial score (nSPS) is 20.4. The highest BCUT2D eigenvalue weighted by atomic mass is 35.5. The predicted octanol–water partition coefficient (Wildman–Crippen LogP) is 2.27. The van der Waals surface area contributed by atoms with E-state index in [1.54, 1.807) is 11.0 Å². The molecular formula is C20H27ClN4O3. The number of halogens is 1. The number of aliphatic hydroxyl groups is 1. The number of carbonyl (C=O) groups is 2. The van der Waals surface area contributed by atoms with Crippen molar-refractivity contribution in [3.63, 3.8) is 0 Å². The number of hydrogen-bond donors (Lipinski definition) is 3. The summed E-state index contributed by atoms with van der Waals surface area (Å²) in [7, 11) is 0. The summed E-state index contributed by atoms with van der Waals surface area (Å²) in [4.78, 5) is 34.0. The summed E-state index contributed by atoms with van der Waals surface area (Å²) < 4.78 is 0. The van der Waals surface area contributed by atoms with Gasteiger partial charge in [-0.05, 0) is 31.0 Å². The van der Waals surface area contributed by atoms with Gasteiger partial charge in [-0.1, -0.05) is 25.4 Å². The van der Waals surface area contributed by atoms with E-state index >= 15 is 0 Å². The van der Waals surface area contributed by atoms with E-state index in [1.165, 1.54) is 0 Å². The summed E-state index contributed by atoms with van der Waals surface area (Å²) in [6, 6.07) is 5.14. The number of hydrogen-bond acceptors (Lipinski definition) is 4. The van der Waals surface area contributed by atoms with Gasteiger partial charge in [0, 0.05) is 36.9 Å². The van der Waals surface area contributed by atoms with E-state index < -0.39 is 6.10 Å².